The maximum atomic E-state index is 10.9. The molecule has 1 unspecified atom stereocenters. The van der Waals surface area contributed by atoms with Gasteiger partial charge in [-0.1, -0.05) is 11.8 Å². The third-order valence-electron chi connectivity index (χ3n) is 1.80. The first-order chi connectivity index (χ1) is 5.52. The van der Waals surface area contributed by atoms with Crippen molar-refractivity contribution in [3.63, 3.8) is 0 Å². The van der Waals surface area contributed by atoms with Crippen LogP contribution in [0, 0.1) is 0 Å². The number of thioether (sulfide) groups is 1. The molecule has 0 bridgehead atoms. The Kier molecular flexibility index (Phi) is 2.77. The van der Waals surface area contributed by atoms with Crippen LogP contribution in [0.2, 0.25) is 0 Å². The first-order valence-corrected chi connectivity index (χ1v) is 4.69. The highest BCUT2D eigenvalue weighted by atomic mass is 32.2. The molecule has 3 nitrogen and oxygen atoms in total. The molecule has 0 N–H and O–H groups in total. The predicted octanol–water partition coefficient (Wildman–Crippen LogP) is 1.36. The van der Waals surface area contributed by atoms with E-state index < -0.39 is 0 Å². The van der Waals surface area contributed by atoms with Crippen LogP contribution >= 0.6 is 11.8 Å². The standard InChI is InChI=1S/C8H12O3S/c1-6(9)12-8(2)3-4-11-7(10)5-8/h3-5H2,1-2H3. The van der Waals surface area contributed by atoms with Gasteiger partial charge in [0.15, 0.2) is 5.12 Å². The van der Waals surface area contributed by atoms with Gasteiger partial charge < -0.3 is 4.74 Å². The van der Waals surface area contributed by atoms with Gasteiger partial charge in [-0.05, 0) is 13.3 Å². The van der Waals surface area contributed by atoms with Crippen LogP contribution in [0.15, 0.2) is 0 Å². The summed E-state index contributed by atoms with van der Waals surface area (Å²) in [4.78, 5) is 21.7. The number of hydrogen-bond acceptors (Lipinski definition) is 4. The molecule has 1 atom stereocenters. The summed E-state index contributed by atoms with van der Waals surface area (Å²) >= 11 is 1.24. The summed E-state index contributed by atoms with van der Waals surface area (Å²) in [5.41, 5.74) is 0. The number of cyclic esters (lactones) is 1. The number of esters is 1. The first-order valence-electron chi connectivity index (χ1n) is 3.87. The van der Waals surface area contributed by atoms with Crippen molar-refractivity contribution in [2.45, 2.75) is 31.4 Å². The Hall–Kier alpha value is -0.510. The number of carbonyl (C=O) groups is 2. The summed E-state index contributed by atoms with van der Waals surface area (Å²) in [5.74, 6) is -0.197. The molecule has 1 saturated heterocycles. The van der Waals surface area contributed by atoms with Crippen LogP contribution in [0.4, 0.5) is 0 Å². The molecule has 1 heterocycles. The van der Waals surface area contributed by atoms with Crippen LogP contribution in [0.5, 0.6) is 0 Å². The largest absolute Gasteiger partial charge is 0.466 e. The minimum absolute atomic E-state index is 0.0622. The SMILES string of the molecule is CC(=O)SC1(C)CCOC(=O)C1. The molecule has 0 aromatic heterocycles. The summed E-state index contributed by atoms with van der Waals surface area (Å²) in [6.45, 7) is 3.89. The fraction of sp³-hybridized carbons (Fsp3) is 0.750. The van der Waals surface area contributed by atoms with Gasteiger partial charge in [0.2, 0.25) is 0 Å². The quantitative estimate of drug-likeness (QED) is 0.583. The summed E-state index contributed by atoms with van der Waals surface area (Å²) in [5, 5.41) is 0.0622. The molecular weight excluding hydrogens is 176 g/mol. The van der Waals surface area contributed by atoms with E-state index >= 15 is 0 Å². The maximum absolute atomic E-state index is 10.9. The molecular formula is C8H12O3S. The summed E-state index contributed by atoms with van der Waals surface area (Å²) in [6, 6.07) is 0. The van der Waals surface area contributed by atoms with Crippen molar-refractivity contribution in [2.24, 2.45) is 0 Å². The highest BCUT2D eigenvalue weighted by Crippen LogP contribution is 2.35. The fourth-order valence-electron chi connectivity index (χ4n) is 1.26. The lowest BCUT2D eigenvalue weighted by Gasteiger charge is -2.30. The van der Waals surface area contributed by atoms with Crippen LogP contribution in [-0.2, 0) is 14.3 Å². The van der Waals surface area contributed by atoms with Crippen molar-refractivity contribution < 1.29 is 14.3 Å². The lowest BCUT2D eigenvalue weighted by Crippen LogP contribution is -2.33. The van der Waals surface area contributed by atoms with Crippen molar-refractivity contribution in [1.82, 2.24) is 0 Å². The maximum Gasteiger partial charge on any atom is 0.307 e. The van der Waals surface area contributed by atoms with Gasteiger partial charge in [-0.15, -0.1) is 0 Å². The van der Waals surface area contributed by atoms with E-state index in [0.717, 1.165) is 6.42 Å². The van der Waals surface area contributed by atoms with Gasteiger partial charge in [0, 0.05) is 11.7 Å². The van der Waals surface area contributed by atoms with Gasteiger partial charge in [0.05, 0.1) is 13.0 Å². The minimum Gasteiger partial charge on any atom is -0.466 e. The van der Waals surface area contributed by atoms with E-state index in [1.165, 1.54) is 18.7 Å². The molecule has 68 valence electrons. The Morgan fingerprint density at radius 3 is 2.83 bits per heavy atom. The van der Waals surface area contributed by atoms with Gasteiger partial charge in [-0.3, -0.25) is 9.59 Å². The van der Waals surface area contributed by atoms with Gasteiger partial charge in [0.1, 0.15) is 0 Å². The molecule has 0 aliphatic carbocycles. The fourth-order valence-corrected chi connectivity index (χ4v) is 2.33. The highest BCUT2D eigenvalue weighted by molar-refractivity contribution is 8.14. The Bertz CT molecular complexity index is 210. The molecule has 0 aromatic carbocycles. The minimum atomic E-state index is -0.235. The van der Waals surface area contributed by atoms with E-state index in [1.54, 1.807) is 0 Å². The Morgan fingerprint density at radius 2 is 2.33 bits per heavy atom. The molecule has 4 heteroatoms. The van der Waals surface area contributed by atoms with Crippen LogP contribution in [0.3, 0.4) is 0 Å². The van der Waals surface area contributed by atoms with Crippen molar-refractivity contribution in [3.05, 3.63) is 0 Å². The highest BCUT2D eigenvalue weighted by Gasteiger charge is 2.34. The Balaban J connectivity index is 2.57. The van der Waals surface area contributed by atoms with Crippen molar-refractivity contribution in [3.8, 4) is 0 Å². The second-order valence-corrected chi connectivity index (χ2v) is 4.96. The average Bonchev–Trinajstić information content (AvgIpc) is 1.82. The summed E-state index contributed by atoms with van der Waals surface area (Å²) < 4.78 is 4.56. The number of hydrogen-bond donors (Lipinski definition) is 0. The zero-order valence-electron chi connectivity index (χ0n) is 7.25. The summed E-state index contributed by atoms with van der Waals surface area (Å²) in [7, 11) is 0. The van der Waals surface area contributed by atoms with Gasteiger partial charge in [-0.2, -0.15) is 0 Å². The molecule has 0 aromatic rings. The van der Waals surface area contributed by atoms with E-state index in [0.29, 0.717) is 13.0 Å². The lowest BCUT2D eigenvalue weighted by molar-refractivity contribution is -0.147. The van der Waals surface area contributed by atoms with Gasteiger partial charge >= 0.3 is 5.97 Å². The van der Waals surface area contributed by atoms with Crippen molar-refractivity contribution in [2.75, 3.05) is 6.61 Å². The monoisotopic (exact) mass is 188 g/mol. The molecule has 0 radical (unpaired) electrons. The van der Waals surface area contributed by atoms with E-state index in [4.69, 9.17) is 4.74 Å². The second-order valence-electron chi connectivity index (χ2n) is 3.19. The van der Waals surface area contributed by atoms with E-state index in [-0.39, 0.29) is 15.8 Å². The lowest BCUT2D eigenvalue weighted by atomic mass is 10.0. The molecule has 1 fully saturated rings. The topological polar surface area (TPSA) is 43.4 Å². The van der Waals surface area contributed by atoms with Crippen LogP contribution in [0.25, 0.3) is 0 Å². The molecule has 0 amide bonds. The predicted molar refractivity (Wildman–Crippen MR) is 46.9 cm³/mol. The van der Waals surface area contributed by atoms with Crippen LogP contribution in [0.1, 0.15) is 26.7 Å². The number of ether oxygens (including phenoxy) is 1. The molecule has 12 heavy (non-hydrogen) atoms. The first kappa shape index (κ1) is 9.58. The van der Waals surface area contributed by atoms with Crippen LogP contribution < -0.4 is 0 Å². The average molecular weight is 188 g/mol. The zero-order valence-corrected chi connectivity index (χ0v) is 8.07. The molecule has 1 aliphatic rings. The Morgan fingerprint density at radius 1 is 1.67 bits per heavy atom. The Labute approximate surface area is 75.8 Å². The smallest absolute Gasteiger partial charge is 0.307 e. The second kappa shape index (κ2) is 3.47. The van der Waals surface area contributed by atoms with Crippen LogP contribution in [-0.4, -0.2) is 22.4 Å². The normalized spacial score (nSPS) is 29.7. The van der Waals surface area contributed by atoms with Crippen molar-refractivity contribution >= 4 is 22.8 Å². The van der Waals surface area contributed by atoms with Gasteiger partial charge in [0.25, 0.3) is 0 Å². The van der Waals surface area contributed by atoms with E-state index in [2.05, 4.69) is 0 Å². The van der Waals surface area contributed by atoms with E-state index in [9.17, 15) is 9.59 Å². The number of carbonyl (C=O) groups excluding carboxylic acids is 2. The number of rotatable bonds is 1. The third kappa shape index (κ3) is 2.52. The third-order valence-corrected chi connectivity index (χ3v) is 2.93. The molecule has 0 spiro atoms. The van der Waals surface area contributed by atoms with E-state index in [1.807, 2.05) is 6.92 Å². The molecule has 1 aliphatic heterocycles. The molecule has 1 rings (SSSR count). The van der Waals surface area contributed by atoms with Crippen molar-refractivity contribution in [1.29, 1.82) is 0 Å². The molecule has 0 saturated carbocycles. The zero-order chi connectivity index (χ0) is 9.19. The summed E-state index contributed by atoms with van der Waals surface area (Å²) in [6.07, 6.45) is 1.11. The van der Waals surface area contributed by atoms with Gasteiger partial charge in [-0.25, -0.2) is 0 Å².